The third-order valence-corrected chi connectivity index (χ3v) is 2.79. The normalized spacial score (nSPS) is 15.7. The molecule has 2 atom stereocenters. The van der Waals surface area contributed by atoms with E-state index in [0.29, 0.717) is 12.0 Å². The molecule has 0 heterocycles. The van der Waals surface area contributed by atoms with Crippen LogP contribution in [-0.2, 0) is 15.1 Å². The number of rotatable bonds is 5. The van der Waals surface area contributed by atoms with Gasteiger partial charge in [0, 0.05) is 6.92 Å². The number of esters is 1. The third-order valence-electron chi connectivity index (χ3n) is 2.79. The fourth-order valence-electron chi connectivity index (χ4n) is 1.82. The maximum Gasteiger partial charge on any atom is 0.303 e. The molecule has 0 bridgehead atoms. The number of benzene rings is 1. The molecule has 0 aromatic heterocycles. The van der Waals surface area contributed by atoms with E-state index in [2.05, 4.69) is 6.58 Å². The Morgan fingerprint density at radius 2 is 2.12 bits per heavy atom. The van der Waals surface area contributed by atoms with Crippen LogP contribution in [0.1, 0.15) is 25.8 Å². The summed E-state index contributed by atoms with van der Waals surface area (Å²) in [6.07, 6.45) is 1.14. The Bertz CT molecular complexity index is 386. The molecule has 0 aliphatic heterocycles. The number of aliphatic hydroxyl groups is 1. The van der Waals surface area contributed by atoms with E-state index in [1.807, 2.05) is 37.3 Å². The van der Waals surface area contributed by atoms with Gasteiger partial charge in [0.15, 0.2) is 6.10 Å². The Morgan fingerprint density at radius 1 is 1.53 bits per heavy atom. The first-order chi connectivity index (χ1) is 8.04. The summed E-state index contributed by atoms with van der Waals surface area (Å²) in [6, 6.07) is 9.16. The zero-order chi connectivity index (χ0) is 12.9. The lowest BCUT2D eigenvalue weighted by molar-refractivity contribution is -0.158. The van der Waals surface area contributed by atoms with E-state index < -0.39 is 17.7 Å². The number of hydrogen-bond donors (Lipinski definition) is 1. The second-order valence-electron chi connectivity index (χ2n) is 3.91. The molecule has 0 saturated carbocycles. The SMILES string of the molecule is C=C[C@H](OC(C)=O)[C@@](O)(CC)c1ccccc1. The van der Waals surface area contributed by atoms with Gasteiger partial charge in [0.2, 0.25) is 0 Å². The van der Waals surface area contributed by atoms with Crippen molar-refractivity contribution >= 4 is 5.97 Å². The standard InChI is InChI=1S/C14H18O3/c1-4-13(17-11(3)15)14(16,5-2)12-9-7-6-8-10-12/h4,6-10,13,16H,1,5H2,2-3H3/t13-,14+/m0/s1. The van der Waals surface area contributed by atoms with Crippen LogP contribution >= 0.6 is 0 Å². The lowest BCUT2D eigenvalue weighted by Gasteiger charge is -2.33. The molecule has 0 amide bonds. The van der Waals surface area contributed by atoms with Crippen molar-refractivity contribution in [1.82, 2.24) is 0 Å². The Labute approximate surface area is 102 Å². The summed E-state index contributed by atoms with van der Waals surface area (Å²) >= 11 is 0. The molecule has 1 rings (SSSR count). The van der Waals surface area contributed by atoms with E-state index >= 15 is 0 Å². The van der Waals surface area contributed by atoms with Crippen LogP contribution in [0.2, 0.25) is 0 Å². The number of ether oxygens (including phenoxy) is 1. The van der Waals surface area contributed by atoms with Gasteiger partial charge < -0.3 is 9.84 Å². The second kappa shape index (κ2) is 5.64. The predicted molar refractivity (Wildman–Crippen MR) is 66.4 cm³/mol. The first-order valence-electron chi connectivity index (χ1n) is 5.62. The highest BCUT2D eigenvalue weighted by Gasteiger charge is 2.37. The molecule has 0 radical (unpaired) electrons. The van der Waals surface area contributed by atoms with Gasteiger partial charge in [-0.2, -0.15) is 0 Å². The molecule has 0 unspecified atom stereocenters. The smallest absolute Gasteiger partial charge is 0.303 e. The van der Waals surface area contributed by atoms with E-state index in [9.17, 15) is 9.90 Å². The molecule has 17 heavy (non-hydrogen) atoms. The molecule has 1 aromatic carbocycles. The first kappa shape index (κ1) is 13.5. The van der Waals surface area contributed by atoms with Crippen molar-refractivity contribution < 1.29 is 14.6 Å². The van der Waals surface area contributed by atoms with Crippen LogP contribution in [0.25, 0.3) is 0 Å². The molecule has 0 saturated heterocycles. The summed E-state index contributed by atoms with van der Waals surface area (Å²) in [6.45, 7) is 6.77. The predicted octanol–water partition coefficient (Wildman–Crippen LogP) is 2.40. The van der Waals surface area contributed by atoms with Crippen molar-refractivity contribution in [1.29, 1.82) is 0 Å². The van der Waals surface area contributed by atoms with Crippen molar-refractivity contribution in [2.75, 3.05) is 0 Å². The minimum absolute atomic E-state index is 0.432. The van der Waals surface area contributed by atoms with Crippen molar-refractivity contribution in [3.63, 3.8) is 0 Å². The fraction of sp³-hybridized carbons (Fsp3) is 0.357. The van der Waals surface area contributed by atoms with Crippen molar-refractivity contribution in [2.24, 2.45) is 0 Å². The van der Waals surface area contributed by atoms with E-state index in [0.717, 1.165) is 0 Å². The van der Waals surface area contributed by atoms with Gasteiger partial charge in [-0.1, -0.05) is 43.8 Å². The molecular formula is C14H18O3. The highest BCUT2D eigenvalue weighted by molar-refractivity contribution is 5.66. The van der Waals surface area contributed by atoms with Crippen LogP contribution in [0.3, 0.4) is 0 Å². The number of carbonyl (C=O) groups excluding carboxylic acids is 1. The van der Waals surface area contributed by atoms with Crippen LogP contribution in [0.15, 0.2) is 43.0 Å². The van der Waals surface area contributed by atoms with Gasteiger partial charge in [-0.3, -0.25) is 4.79 Å². The highest BCUT2D eigenvalue weighted by atomic mass is 16.6. The van der Waals surface area contributed by atoms with E-state index in [-0.39, 0.29) is 0 Å². The van der Waals surface area contributed by atoms with Crippen LogP contribution in [0.4, 0.5) is 0 Å². The molecule has 1 aromatic rings. The molecule has 0 fully saturated rings. The fourth-order valence-corrected chi connectivity index (χ4v) is 1.82. The Morgan fingerprint density at radius 3 is 2.53 bits per heavy atom. The summed E-state index contributed by atoms with van der Waals surface area (Å²) < 4.78 is 5.10. The highest BCUT2D eigenvalue weighted by Crippen LogP contribution is 2.31. The molecule has 3 heteroatoms. The summed E-state index contributed by atoms with van der Waals surface area (Å²) in [4.78, 5) is 11.0. The molecule has 0 spiro atoms. The maximum absolute atomic E-state index is 11.0. The van der Waals surface area contributed by atoms with Gasteiger partial charge >= 0.3 is 5.97 Å². The molecule has 0 aliphatic rings. The van der Waals surface area contributed by atoms with Crippen LogP contribution in [0, 0.1) is 0 Å². The minimum Gasteiger partial charge on any atom is -0.455 e. The molecule has 0 aliphatic carbocycles. The number of carbonyl (C=O) groups is 1. The van der Waals surface area contributed by atoms with Crippen LogP contribution in [-0.4, -0.2) is 17.2 Å². The quantitative estimate of drug-likeness (QED) is 0.628. The molecule has 92 valence electrons. The first-order valence-corrected chi connectivity index (χ1v) is 5.62. The molecular weight excluding hydrogens is 216 g/mol. The Hall–Kier alpha value is -1.61. The van der Waals surface area contributed by atoms with Gasteiger partial charge in [0.1, 0.15) is 5.60 Å². The topological polar surface area (TPSA) is 46.5 Å². The zero-order valence-corrected chi connectivity index (χ0v) is 10.2. The van der Waals surface area contributed by atoms with E-state index in [4.69, 9.17) is 4.74 Å². The largest absolute Gasteiger partial charge is 0.455 e. The van der Waals surface area contributed by atoms with Gasteiger partial charge in [0.05, 0.1) is 0 Å². The summed E-state index contributed by atoms with van der Waals surface area (Å²) in [5, 5.41) is 10.7. The number of hydrogen-bond acceptors (Lipinski definition) is 3. The van der Waals surface area contributed by atoms with E-state index in [1.165, 1.54) is 13.0 Å². The van der Waals surface area contributed by atoms with Crippen molar-refractivity contribution in [3.05, 3.63) is 48.6 Å². The second-order valence-corrected chi connectivity index (χ2v) is 3.91. The summed E-state index contributed by atoms with van der Waals surface area (Å²) in [7, 11) is 0. The lowest BCUT2D eigenvalue weighted by atomic mass is 9.85. The summed E-state index contributed by atoms with van der Waals surface area (Å²) in [5.41, 5.74) is -0.511. The van der Waals surface area contributed by atoms with Crippen molar-refractivity contribution in [2.45, 2.75) is 32.0 Å². The van der Waals surface area contributed by atoms with Gasteiger partial charge in [-0.05, 0) is 18.1 Å². The Balaban J connectivity index is 3.09. The average molecular weight is 234 g/mol. The van der Waals surface area contributed by atoms with Gasteiger partial charge in [-0.15, -0.1) is 0 Å². The monoisotopic (exact) mass is 234 g/mol. The van der Waals surface area contributed by atoms with Gasteiger partial charge in [0.25, 0.3) is 0 Å². The zero-order valence-electron chi connectivity index (χ0n) is 10.2. The summed E-state index contributed by atoms with van der Waals surface area (Å²) in [5.74, 6) is -0.433. The third kappa shape index (κ3) is 2.94. The van der Waals surface area contributed by atoms with E-state index in [1.54, 1.807) is 0 Å². The van der Waals surface area contributed by atoms with Crippen LogP contribution in [0.5, 0.6) is 0 Å². The van der Waals surface area contributed by atoms with Crippen molar-refractivity contribution in [3.8, 4) is 0 Å². The maximum atomic E-state index is 11.0. The lowest BCUT2D eigenvalue weighted by Crippen LogP contribution is -2.40. The van der Waals surface area contributed by atoms with Gasteiger partial charge in [-0.25, -0.2) is 0 Å². The Kier molecular flexibility index (Phi) is 4.46. The minimum atomic E-state index is -1.23. The average Bonchev–Trinajstić information content (AvgIpc) is 2.35. The molecule has 3 nitrogen and oxygen atoms in total. The molecule has 1 N–H and O–H groups in total. The van der Waals surface area contributed by atoms with Crippen LogP contribution < -0.4 is 0 Å².